The van der Waals surface area contributed by atoms with Crippen molar-refractivity contribution in [2.45, 2.75) is 56.6 Å². The van der Waals surface area contributed by atoms with Crippen LogP contribution in [0.3, 0.4) is 0 Å². The van der Waals surface area contributed by atoms with Crippen molar-refractivity contribution >= 4 is 17.7 Å². The maximum atomic E-state index is 11.6. The van der Waals surface area contributed by atoms with Crippen LogP contribution in [0.4, 0.5) is 0 Å². The van der Waals surface area contributed by atoms with Crippen LogP contribution in [0.15, 0.2) is 29.2 Å². The summed E-state index contributed by atoms with van der Waals surface area (Å²) in [5, 5.41) is 6.44. The van der Waals surface area contributed by atoms with Crippen LogP contribution in [0, 0.1) is 0 Å². The topological polar surface area (TPSA) is 41.1 Å². The highest BCUT2D eigenvalue weighted by Crippen LogP contribution is 2.22. The quantitative estimate of drug-likeness (QED) is 0.724. The third-order valence-corrected chi connectivity index (χ3v) is 4.11. The smallest absolute Gasteiger partial charge is 0.221 e. The first-order chi connectivity index (χ1) is 9.63. The summed E-state index contributed by atoms with van der Waals surface area (Å²) in [6.07, 6.45) is 3.21. The van der Waals surface area contributed by atoms with Crippen LogP contribution in [-0.2, 0) is 11.3 Å². The first-order valence-corrected chi connectivity index (χ1v) is 8.36. The Kier molecular flexibility index (Phi) is 5.92. The van der Waals surface area contributed by atoms with Crippen molar-refractivity contribution in [3.05, 3.63) is 29.8 Å². The Morgan fingerprint density at radius 3 is 2.90 bits per heavy atom. The summed E-state index contributed by atoms with van der Waals surface area (Å²) >= 11 is 1.75. The highest BCUT2D eigenvalue weighted by molar-refractivity contribution is 7.99. The predicted molar refractivity (Wildman–Crippen MR) is 84.9 cm³/mol. The van der Waals surface area contributed by atoms with Crippen LogP contribution in [0.25, 0.3) is 0 Å². The first-order valence-electron chi connectivity index (χ1n) is 7.38. The van der Waals surface area contributed by atoms with Gasteiger partial charge in [-0.1, -0.05) is 12.1 Å². The van der Waals surface area contributed by atoms with Crippen LogP contribution in [0.2, 0.25) is 0 Å². The molecule has 0 spiro atoms. The molecule has 1 aliphatic rings. The van der Waals surface area contributed by atoms with Gasteiger partial charge in [-0.15, -0.1) is 11.8 Å². The van der Waals surface area contributed by atoms with Gasteiger partial charge in [0.05, 0.1) is 0 Å². The van der Waals surface area contributed by atoms with E-state index < -0.39 is 0 Å². The van der Waals surface area contributed by atoms with Gasteiger partial charge in [-0.25, -0.2) is 0 Å². The molecule has 0 atom stereocenters. The van der Waals surface area contributed by atoms with Crippen LogP contribution in [0.5, 0.6) is 0 Å². The molecule has 0 heterocycles. The second-order valence-corrected chi connectivity index (χ2v) is 6.79. The van der Waals surface area contributed by atoms with Crippen molar-refractivity contribution < 1.29 is 4.79 Å². The second-order valence-electron chi connectivity index (χ2n) is 5.62. The van der Waals surface area contributed by atoms with E-state index in [1.807, 2.05) is 13.8 Å². The number of thioether (sulfide) groups is 1. The molecule has 0 unspecified atom stereocenters. The molecule has 20 heavy (non-hydrogen) atoms. The van der Waals surface area contributed by atoms with E-state index in [0.29, 0.717) is 6.42 Å². The Bertz CT molecular complexity index is 444. The molecule has 110 valence electrons. The van der Waals surface area contributed by atoms with Gasteiger partial charge in [0.1, 0.15) is 0 Å². The average molecular weight is 292 g/mol. The average Bonchev–Trinajstić information content (AvgIpc) is 3.20. The number of rotatable bonds is 8. The summed E-state index contributed by atoms with van der Waals surface area (Å²) in [5.41, 5.74) is 1.33. The van der Waals surface area contributed by atoms with Crippen LogP contribution in [0.1, 0.15) is 38.7 Å². The Morgan fingerprint density at radius 2 is 2.20 bits per heavy atom. The van der Waals surface area contributed by atoms with Gasteiger partial charge >= 0.3 is 0 Å². The number of carbonyl (C=O) groups excluding carboxylic acids is 1. The highest BCUT2D eigenvalue weighted by Gasteiger charge is 2.19. The molecule has 0 bridgehead atoms. The summed E-state index contributed by atoms with van der Waals surface area (Å²) in [4.78, 5) is 12.8. The number of benzene rings is 1. The molecule has 1 aromatic carbocycles. The number of nitrogens with one attached hydrogen (secondary N) is 2. The zero-order valence-electron chi connectivity index (χ0n) is 12.3. The summed E-state index contributed by atoms with van der Waals surface area (Å²) in [7, 11) is 0. The minimum atomic E-state index is 0.138. The van der Waals surface area contributed by atoms with Crippen molar-refractivity contribution in [1.82, 2.24) is 10.6 Å². The molecule has 2 N–H and O–H groups in total. The molecule has 1 fully saturated rings. The normalized spacial score (nSPS) is 14.6. The first kappa shape index (κ1) is 15.4. The predicted octanol–water partition coefficient (Wildman–Crippen LogP) is 2.95. The van der Waals surface area contributed by atoms with Gasteiger partial charge in [0.25, 0.3) is 0 Å². The van der Waals surface area contributed by atoms with Crippen molar-refractivity contribution in [3.8, 4) is 0 Å². The molecule has 1 amide bonds. The molecule has 0 saturated heterocycles. The van der Waals surface area contributed by atoms with Crippen LogP contribution in [-0.4, -0.2) is 23.7 Å². The van der Waals surface area contributed by atoms with Gasteiger partial charge in [-0.05, 0) is 44.4 Å². The number of hydrogen-bond acceptors (Lipinski definition) is 3. The van der Waals surface area contributed by atoms with Crippen molar-refractivity contribution in [2.24, 2.45) is 0 Å². The fourth-order valence-electron chi connectivity index (χ4n) is 1.95. The summed E-state index contributed by atoms with van der Waals surface area (Å²) in [5.74, 6) is 0.969. The standard InChI is InChI=1S/C16H24N2OS/c1-12(2)18-16(19)8-9-20-15-5-3-4-13(10-15)11-17-14-6-7-14/h3-5,10,12,14,17H,6-9,11H2,1-2H3,(H,18,19). The van der Waals surface area contributed by atoms with Crippen molar-refractivity contribution in [3.63, 3.8) is 0 Å². The van der Waals surface area contributed by atoms with E-state index in [1.165, 1.54) is 23.3 Å². The Morgan fingerprint density at radius 1 is 1.40 bits per heavy atom. The Balaban J connectivity index is 1.71. The lowest BCUT2D eigenvalue weighted by Crippen LogP contribution is -2.30. The molecular weight excluding hydrogens is 268 g/mol. The van der Waals surface area contributed by atoms with E-state index in [2.05, 4.69) is 34.9 Å². The van der Waals surface area contributed by atoms with Gasteiger partial charge in [0.2, 0.25) is 5.91 Å². The van der Waals surface area contributed by atoms with Crippen molar-refractivity contribution in [2.75, 3.05) is 5.75 Å². The molecule has 0 radical (unpaired) electrons. The maximum absolute atomic E-state index is 11.6. The summed E-state index contributed by atoms with van der Waals surface area (Å²) in [6, 6.07) is 9.56. The molecule has 4 heteroatoms. The van der Waals surface area contributed by atoms with Crippen LogP contribution < -0.4 is 10.6 Å². The molecule has 1 saturated carbocycles. The molecule has 0 aromatic heterocycles. The Hall–Kier alpha value is -1.00. The molecule has 1 aromatic rings. The van der Waals surface area contributed by atoms with E-state index in [9.17, 15) is 4.79 Å². The summed E-state index contributed by atoms with van der Waals surface area (Å²) < 4.78 is 0. The molecule has 0 aliphatic heterocycles. The number of carbonyl (C=O) groups is 1. The van der Waals surface area contributed by atoms with E-state index in [1.54, 1.807) is 11.8 Å². The third-order valence-electron chi connectivity index (χ3n) is 3.12. The number of hydrogen-bond donors (Lipinski definition) is 2. The second kappa shape index (κ2) is 7.70. The van der Waals surface area contributed by atoms with E-state index in [0.717, 1.165) is 18.3 Å². The fraction of sp³-hybridized carbons (Fsp3) is 0.562. The highest BCUT2D eigenvalue weighted by atomic mass is 32.2. The molecular formula is C16H24N2OS. The van der Waals surface area contributed by atoms with Gasteiger partial charge in [-0.2, -0.15) is 0 Å². The lowest BCUT2D eigenvalue weighted by atomic mass is 10.2. The lowest BCUT2D eigenvalue weighted by molar-refractivity contribution is -0.121. The van der Waals surface area contributed by atoms with Gasteiger partial charge in [0, 0.05) is 35.7 Å². The monoisotopic (exact) mass is 292 g/mol. The largest absolute Gasteiger partial charge is 0.354 e. The molecule has 3 nitrogen and oxygen atoms in total. The molecule has 2 rings (SSSR count). The van der Waals surface area contributed by atoms with Crippen molar-refractivity contribution in [1.29, 1.82) is 0 Å². The van der Waals surface area contributed by atoms with E-state index in [-0.39, 0.29) is 11.9 Å². The minimum absolute atomic E-state index is 0.138. The number of amides is 1. The Labute approximate surface area is 125 Å². The van der Waals surface area contributed by atoms with E-state index >= 15 is 0 Å². The third kappa shape index (κ3) is 5.97. The zero-order chi connectivity index (χ0) is 14.4. The maximum Gasteiger partial charge on any atom is 0.221 e. The fourth-order valence-corrected chi connectivity index (χ4v) is 2.88. The lowest BCUT2D eigenvalue weighted by Gasteiger charge is -2.08. The van der Waals surface area contributed by atoms with E-state index in [4.69, 9.17) is 0 Å². The molecule has 1 aliphatic carbocycles. The van der Waals surface area contributed by atoms with Gasteiger partial charge in [-0.3, -0.25) is 4.79 Å². The van der Waals surface area contributed by atoms with Gasteiger partial charge < -0.3 is 10.6 Å². The van der Waals surface area contributed by atoms with Gasteiger partial charge in [0.15, 0.2) is 0 Å². The SMILES string of the molecule is CC(C)NC(=O)CCSc1cccc(CNC2CC2)c1. The summed E-state index contributed by atoms with van der Waals surface area (Å²) in [6.45, 7) is 4.93. The zero-order valence-corrected chi connectivity index (χ0v) is 13.1. The van der Waals surface area contributed by atoms with Crippen LogP contribution >= 0.6 is 11.8 Å². The minimum Gasteiger partial charge on any atom is -0.354 e.